The van der Waals surface area contributed by atoms with Gasteiger partial charge >= 0.3 is 0 Å². The summed E-state index contributed by atoms with van der Waals surface area (Å²) < 4.78 is 0. The maximum atomic E-state index is 3.47. The molecule has 1 aromatic rings. The van der Waals surface area contributed by atoms with Gasteiger partial charge in [0.05, 0.1) is 0 Å². The highest BCUT2D eigenvalue weighted by molar-refractivity contribution is 5.22. The Balaban J connectivity index is 1.82. The van der Waals surface area contributed by atoms with Crippen LogP contribution in [0.1, 0.15) is 57.1 Å². The third-order valence-corrected chi connectivity index (χ3v) is 4.09. The van der Waals surface area contributed by atoms with E-state index in [1.54, 1.807) is 0 Å². The van der Waals surface area contributed by atoms with Crippen LogP contribution in [0, 0.1) is 0 Å². The van der Waals surface area contributed by atoms with Crippen LogP contribution in [0.3, 0.4) is 0 Å². The van der Waals surface area contributed by atoms with Crippen LogP contribution in [0.4, 0.5) is 0 Å². The van der Waals surface area contributed by atoms with Crippen molar-refractivity contribution in [3.63, 3.8) is 0 Å². The van der Waals surface area contributed by atoms with Crippen molar-refractivity contribution in [2.24, 2.45) is 0 Å². The van der Waals surface area contributed by atoms with E-state index in [1.807, 2.05) is 0 Å². The molecule has 1 N–H and O–H groups in total. The highest BCUT2D eigenvalue weighted by Gasteiger charge is 2.08. The summed E-state index contributed by atoms with van der Waals surface area (Å²) in [5, 5.41) is 3.47. The molecule has 0 radical (unpaired) electrons. The van der Waals surface area contributed by atoms with Crippen LogP contribution in [0.5, 0.6) is 0 Å². The van der Waals surface area contributed by atoms with Gasteiger partial charge in [0.25, 0.3) is 0 Å². The Morgan fingerprint density at radius 1 is 0.900 bits per heavy atom. The quantitative estimate of drug-likeness (QED) is 0.874. The SMILES string of the molecule is CC(C)NCc1ccc(CN2CCCCCCC2)cc1. The lowest BCUT2D eigenvalue weighted by molar-refractivity contribution is 0.240. The van der Waals surface area contributed by atoms with Gasteiger partial charge in [0.1, 0.15) is 0 Å². The average Bonchev–Trinajstić information content (AvgIpc) is 2.41. The normalized spacial score (nSPS) is 17.9. The van der Waals surface area contributed by atoms with E-state index in [9.17, 15) is 0 Å². The minimum Gasteiger partial charge on any atom is -0.310 e. The van der Waals surface area contributed by atoms with Crippen molar-refractivity contribution in [2.75, 3.05) is 13.1 Å². The molecule has 0 atom stereocenters. The summed E-state index contributed by atoms with van der Waals surface area (Å²) in [7, 11) is 0. The summed E-state index contributed by atoms with van der Waals surface area (Å²) >= 11 is 0. The zero-order chi connectivity index (χ0) is 14.2. The van der Waals surface area contributed by atoms with Crippen LogP contribution in [-0.4, -0.2) is 24.0 Å². The van der Waals surface area contributed by atoms with Gasteiger partial charge in [0.15, 0.2) is 0 Å². The topological polar surface area (TPSA) is 15.3 Å². The zero-order valence-electron chi connectivity index (χ0n) is 13.2. The minimum atomic E-state index is 0.552. The molecule has 1 fully saturated rings. The molecule has 1 heterocycles. The largest absolute Gasteiger partial charge is 0.310 e. The first-order valence-electron chi connectivity index (χ1n) is 8.27. The Kier molecular flexibility index (Phi) is 6.55. The molecule has 0 bridgehead atoms. The van der Waals surface area contributed by atoms with E-state index < -0.39 is 0 Å². The lowest BCUT2D eigenvalue weighted by atomic mass is 10.1. The molecule has 2 heteroatoms. The number of likely N-dealkylation sites (tertiary alicyclic amines) is 1. The Morgan fingerprint density at radius 2 is 1.45 bits per heavy atom. The molecule has 0 unspecified atom stereocenters. The smallest absolute Gasteiger partial charge is 0.0233 e. The summed E-state index contributed by atoms with van der Waals surface area (Å²) in [6, 6.07) is 9.70. The van der Waals surface area contributed by atoms with E-state index in [0.717, 1.165) is 13.1 Å². The van der Waals surface area contributed by atoms with E-state index in [0.29, 0.717) is 6.04 Å². The molecule has 1 aromatic carbocycles. The van der Waals surface area contributed by atoms with Crippen LogP contribution >= 0.6 is 0 Å². The molecule has 2 rings (SSSR count). The number of hydrogen-bond donors (Lipinski definition) is 1. The maximum Gasteiger partial charge on any atom is 0.0233 e. The molecule has 1 saturated heterocycles. The number of rotatable bonds is 5. The van der Waals surface area contributed by atoms with Crippen LogP contribution in [0.15, 0.2) is 24.3 Å². The number of hydrogen-bond acceptors (Lipinski definition) is 2. The standard InChI is InChI=1S/C18H30N2/c1-16(2)19-14-17-8-10-18(11-9-17)15-20-12-6-4-3-5-7-13-20/h8-11,16,19H,3-7,12-15H2,1-2H3. The van der Waals surface area contributed by atoms with Crippen LogP contribution in [-0.2, 0) is 13.1 Å². The molecule has 0 amide bonds. The van der Waals surface area contributed by atoms with Gasteiger partial charge in [-0.2, -0.15) is 0 Å². The summed E-state index contributed by atoms with van der Waals surface area (Å²) in [6.07, 6.45) is 7.00. The van der Waals surface area contributed by atoms with Gasteiger partial charge in [-0.15, -0.1) is 0 Å². The Morgan fingerprint density at radius 3 is 2.05 bits per heavy atom. The average molecular weight is 274 g/mol. The molecule has 20 heavy (non-hydrogen) atoms. The van der Waals surface area contributed by atoms with Gasteiger partial charge in [-0.3, -0.25) is 4.90 Å². The zero-order valence-corrected chi connectivity index (χ0v) is 13.2. The summed E-state index contributed by atoms with van der Waals surface area (Å²) in [6.45, 7) is 9.03. The van der Waals surface area contributed by atoms with Crippen LogP contribution < -0.4 is 5.32 Å². The van der Waals surface area contributed by atoms with Crippen molar-refractivity contribution in [1.82, 2.24) is 10.2 Å². The predicted octanol–water partition coefficient (Wildman–Crippen LogP) is 3.95. The predicted molar refractivity (Wildman–Crippen MR) is 86.8 cm³/mol. The fourth-order valence-electron chi connectivity index (χ4n) is 2.81. The first-order valence-corrected chi connectivity index (χ1v) is 8.27. The molecule has 112 valence electrons. The molecular formula is C18H30N2. The number of benzene rings is 1. The second-order valence-corrected chi connectivity index (χ2v) is 6.40. The first kappa shape index (κ1) is 15.5. The molecule has 0 saturated carbocycles. The number of nitrogens with zero attached hydrogens (tertiary/aromatic N) is 1. The highest BCUT2D eigenvalue weighted by Crippen LogP contribution is 2.14. The van der Waals surface area contributed by atoms with E-state index in [1.165, 1.54) is 56.3 Å². The van der Waals surface area contributed by atoms with Crippen molar-refractivity contribution in [2.45, 2.75) is 65.1 Å². The van der Waals surface area contributed by atoms with Gasteiger partial charge in [0.2, 0.25) is 0 Å². The summed E-state index contributed by atoms with van der Waals surface area (Å²) in [4.78, 5) is 2.63. The van der Waals surface area contributed by atoms with E-state index in [2.05, 4.69) is 48.3 Å². The number of nitrogens with one attached hydrogen (secondary N) is 1. The third-order valence-electron chi connectivity index (χ3n) is 4.09. The molecule has 1 aliphatic rings. The van der Waals surface area contributed by atoms with Crippen molar-refractivity contribution in [3.05, 3.63) is 35.4 Å². The van der Waals surface area contributed by atoms with Gasteiger partial charge in [-0.25, -0.2) is 0 Å². The van der Waals surface area contributed by atoms with E-state index in [4.69, 9.17) is 0 Å². The van der Waals surface area contributed by atoms with Gasteiger partial charge in [-0.1, -0.05) is 57.4 Å². The van der Waals surface area contributed by atoms with Crippen molar-refractivity contribution >= 4 is 0 Å². The lowest BCUT2D eigenvalue weighted by Crippen LogP contribution is -2.26. The van der Waals surface area contributed by atoms with Crippen molar-refractivity contribution in [1.29, 1.82) is 0 Å². The van der Waals surface area contributed by atoms with Gasteiger partial charge in [0, 0.05) is 19.1 Å². The fraction of sp³-hybridized carbons (Fsp3) is 0.667. The van der Waals surface area contributed by atoms with E-state index >= 15 is 0 Å². The first-order chi connectivity index (χ1) is 9.74. The minimum absolute atomic E-state index is 0.552. The Hall–Kier alpha value is -0.860. The maximum absolute atomic E-state index is 3.47. The Labute approximate surface area is 124 Å². The molecular weight excluding hydrogens is 244 g/mol. The summed E-state index contributed by atoms with van der Waals surface area (Å²) in [5.41, 5.74) is 2.84. The summed E-state index contributed by atoms with van der Waals surface area (Å²) in [5.74, 6) is 0. The van der Waals surface area contributed by atoms with E-state index in [-0.39, 0.29) is 0 Å². The molecule has 2 nitrogen and oxygen atoms in total. The molecule has 0 aliphatic carbocycles. The van der Waals surface area contributed by atoms with Crippen molar-refractivity contribution in [3.8, 4) is 0 Å². The molecule has 0 aromatic heterocycles. The van der Waals surface area contributed by atoms with Gasteiger partial charge < -0.3 is 5.32 Å². The third kappa shape index (κ3) is 5.64. The Bertz CT molecular complexity index is 362. The lowest BCUT2D eigenvalue weighted by Gasteiger charge is -2.24. The second-order valence-electron chi connectivity index (χ2n) is 6.40. The van der Waals surface area contributed by atoms with Crippen LogP contribution in [0.2, 0.25) is 0 Å². The fourth-order valence-corrected chi connectivity index (χ4v) is 2.81. The molecule has 0 spiro atoms. The second kappa shape index (κ2) is 8.43. The highest BCUT2D eigenvalue weighted by atomic mass is 15.1. The van der Waals surface area contributed by atoms with Gasteiger partial charge in [-0.05, 0) is 37.1 Å². The van der Waals surface area contributed by atoms with Crippen LogP contribution in [0.25, 0.3) is 0 Å². The van der Waals surface area contributed by atoms with Crippen molar-refractivity contribution < 1.29 is 0 Å². The monoisotopic (exact) mass is 274 g/mol. The molecule has 1 aliphatic heterocycles.